The molecule has 0 unspecified atom stereocenters. The number of benzene rings is 2. The van der Waals surface area contributed by atoms with Crippen LogP contribution in [-0.4, -0.2) is 15.7 Å². The number of nitrogens with one attached hydrogen (secondary N) is 1. The van der Waals surface area contributed by atoms with Gasteiger partial charge in [0.2, 0.25) is 5.91 Å². The molecule has 0 saturated carbocycles. The number of carbonyl (C=O) groups is 1. The monoisotopic (exact) mass is 367 g/mol. The van der Waals surface area contributed by atoms with Gasteiger partial charge in [0.25, 0.3) is 5.56 Å². The van der Waals surface area contributed by atoms with Gasteiger partial charge in [-0.3, -0.25) is 9.59 Å². The molecule has 3 rings (SSSR count). The van der Waals surface area contributed by atoms with E-state index in [1.165, 1.54) is 6.07 Å². The molecule has 1 amide bonds. The van der Waals surface area contributed by atoms with Gasteiger partial charge >= 0.3 is 0 Å². The smallest absolute Gasteiger partial charge is 0.267 e. The van der Waals surface area contributed by atoms with E-state index in [0.29, 0.717) is 10.7 Å². The Morgan fingerprint density at radius 3 is 2.54 bits per heavy atom. The summed E-state index contributed by atoms with van der Waals surface area (Å²) in [6.45, 7) is 1.87. The lowest BCUT2D eigenvalue weighted by atomic mass is 10.1. The van der Waals surface area contributed by atoms with Crippen molar-refractivity contribution < 1.29 is 4.79 Å². The Kier molecular flexibility index (Phi) is 5.49. The quantitative estimate of drug-likeness (QED) is 0.746. The molecule has 0 radical (unpaired) electrons. The van der Waals surface area contributed by atoms with E-state index in [1.807, 2.05) is 43.3 Å². The minimum Gasteiger partial charge on any atom is -0.324 e. The number of nitrogens with zero attached hydrogens (tertiary/aromatic N) is 2. The standard InChI is InChI=1S/C20H18ClN3O2/c1-2-14-5-3-4-6-17(14)22-19(25)13-24-20(26)12-11-18(23-24)15-7-9-16(21)10-8-15/h3-12H,2,13H2,1H3,(H,22,25). The summed E-state index contributed by atoms with van der Waals surface area (Å²) < 4.78 is 1.16. The highest BCUT2D eigenvalue weighted by Gasteiger charge is 2.10. The SMILES string of the molecule is CCc1ccccc1NC(=O)Cn1nc(-c2ccc(Cl)cc2)ccc1=O. The zero-order valence-electron chi connectivity index (χ0n) is 14.3. The van der Waals surface area contributed by atoms with Crippen molar-refractivity contribution in [3.05, 3.63) is 81.6 Å². The minimum atomic E-state index is -0.332. The highest BCUT2D eigenvalue weighted by molar-refractivity contribution is 6.30. The number of para-hydroxylation sites is 1. The predicted molar refractivity (Wildman–Crippen MR) is 103 cm³/mol. The first-order valence-corrected chi connectivity index (χ1v) is 8.66. The highest BCUT2D eigenvalue weighted by Crippen LogP contribution is 2.18. The molecule has 1 N–H and O–H groups in total. The molecular weight excluding hydrogens is 350 g/mol. The maximum atomic E-state index is 12.4. The van der Waals surface area contributed by atoms with Gasteiger partial charge in [0.15, 0.2) is 0 Å². The summed E-state index contributed by atoms with van der Waals surface area (Å²) in [5, 5.41) is 7.77. The summed E-state index contributed by atoms with van der Waals surface area (Å²) in [6.07, 6.45) is 0.806. The molecule has 0 fully saturated rings. The first kappa shape index (κ1) is 17.9. The van der Waals surface area contributed by atoms with Gasteiger partial charge < -0.3 is 5.32 Å². The van der Waals surface area contributed by atoms with Gasteiger partial charge in [-0.25, -0.2) is 4.68 Å². The molecule has 1 aromatic heterocycles. The van der Waals surface area contributed by atoms with Crippen molar-refractivity contribution in [3.63, 3.8) is 0 Å². The number of aryl methyl sites for hydroxylation is 1. The largest absolute Gasteiger partial charge is 0.324 e. The second kappa shape index (κ2) is 7.97. The molecule has 0 aliphatic carbocycles. The van der Waals surface area contributed by atoms with E-state index in [2.05, 4.69) is 10.4 Å². The zero-order valence-corrected chi connectivity index (χ0v) is 15.0. The second-order valence-corrected chi connectivity index (χ2v) is 6.22. The second-order valence-electron chi connectivity index (χ2n) is 5.78. The van der Waals surface area contributed by atoms with E-state index >= 15 is 0 Å². The molecular formula is C20H18ClN3O2. The third-order valence-corrected chi connectivity index (χ3v) is 4.22. The van der Waals surface area contributed by atoms with Gasteiger partial charge in [-0.1, -0.05) is 48.9 Å². The van der Waals surface area contributed by atoms with Crippen LogP contribution < -0.4 is 10.9 Å². The summed E-state index contributed by atoms with van der Waals surface area (Å²) >= 11 is 5.90. The van der Waals surface area contributed by atoms with Crippen LogP contribution in [-0.2, 0) is 17.8 Å². The van der Waals surface area contributed by atoms with Crippen LogP contribution in [0.4, 0.5) is 5.69 Å². The number of halogens is 1. The molecule has 0 aliphatic heterocycles. The number of amides is 1. The van der Waals surface area contributed by atoms with Gasteiger partial charge in [-0.2, -0.15) is 5.10 Å². The number of anilines is 1. The lowest BCUT2D eigenvalue weighted by molar-refractivity contribution is -0.117. The summed E-state index contributed by atoms with van der Waals surface area (Å²) in [5.74, 6) is -0.297. The third-order valence-electron chi connectivity index (χ3n) is 3.97. The van der Waals surface area contributed by atoms with Crippen LogP contribution >= 0.6 is 11.6 Å². The molecule has 0 atom stereocenters. The molecule has 0 saturated heterocycles. The van der Waals surface area contributed by atoms with Crippen LogP contribution in [0.3, 0.4) is 0 Å². The van der Waals surface area contributed by atoms with Gasteiger partial charge in [-0.05, 0) is 36.2 Å². The molecule has 0 aliphatic rings. The Hall–Kier alpha value is -2.92. The van der Waals surface area contributed by atoms with Gasteiger partial charge in [-0.15, -0.1) is 0 Å². The van der Waals surface area contributed by atoms with E-state index in [0.717, 1.165) is 27.9 Å². The summed E-state index contributed by atoms with van der Waals surface area (Å²) in [4.78, 5) is 24.4. The third kappa shape index (κ3) is 4.18. The molecule has 2 aromatic carbocycles. The maximum Gasteiger partial charge on any atom is 0.267 e. The summed E-state index contributed by atoms with van der Waals surface area (Å²) in [7, 11) is 0. The van der Waals surface area contributed by atoms with Crippen LogP contribution in [0.15, 0.2) is 65.5 Å². The van der Waals surface area contributed by atoms with Crippen LogP contribution in [0, 0.1) is 0 Å². The van der Waals surface area contributed by atoms with E-state index in [4.69, 9.17) is 11.6 Å². The molecule has 6 heteroatoms. The fraction of sp³-hybridized carbons (Fsp3) is 0.150. The molecule has 0 spiro atoms. The van der Waals surface area contributed by atoms with E-state index < -0.39 is 0 Å². The molecule has 132 valence electrons. The Labute approximate surface area is 156 Å². The Bertz CT molecular complexity index is 981. The van der Waals surface area contributed by atoms with Crippen molar-refractivity contribution in [1.29, 1.82) is 0 Å². The molecule has 26 heavy (non-hydrogen) atoms. The van der Waals surface area contributed by atoms with E-state index in [9.17, 15) is 9.59 Å². The van der Waals surface area contributed by atoms with Crippen molar-refractivity contribution in [2.24, 2.45) is 0 Å². The van der Waals surface area contributed by atoms with E-state index in [1.54, 1.807) is 18.2 Å². The van der Waals surface area contributed by atoms with Crippen molar-refractivity contribution in [2.75, 3.05) is 5.32 Å². The Morgan fingerprint density at radius 1 is 1.08 bits per heavy atom. The fourth-order valence-corrected chi connectivity index (χ4v) is 2.74. The predicted octanol–water partition coefficient (Wildman–Crippen LogP) is 3.76. The van der Waals surface area contributed by atoms with Gasteiger partial charge in [0, 0.05) is 22.3 Å². The van der Waals surface area contributed by atoms with Crippen LogP contribution in [0.2, 0.25) is 5.02 Å². The van der Waals surface area contributed by atoms with Gasteiger partial charge in [0.1, 0.15) is 6.54 Å². The summed E-state index contributed by atoms with van der Waals surface area (Å²) in [5.41, 5.74) is 2.88. The number of rotatable bonds is 5. The van der Waals surface area contributed by atoms with E-state index in [-0.39, 0.29) is 18.0 Å². The normalized spacial score (nSPS) is 10.5. The Balaban J connectivity index is 1.81. The topological polar surface area (TPSA) is 64.0 Å². The van der Waals surface area contributed by atoms with Crippen LogP contribution in [0.25, 0.3) is 11.3 Å². The van der Waals surface area contributed by atoms with Crippen molar-refractivity contribution in [1.82, 2.24) is 9.78 Å². The average Bonchev–Trinajstić information content (AvgIpc) is 2.64. The Morgan fingerprint density at radius 2 is 1.81 bits per heavy atom. The first-order chi connectivity index (χ1) is 12.6. The van der Waals surface area contributed by atoms with Crippen molar-refractivity contribution in [2.45, 2.75) is 19.9 Å². The minimum absolute atomic E-state index is 0.154. The molecule has 1 heterocycles. The number of carbonyl (C=O) groups excluding carboxylic acids is 1. The molecule has 5 nitrogen and oxygen atoms in total. The number of hydrogen-bond acceptors (Lipinski definition) is 3. The van der Waals surface area contributed by atoms with Crippen LogP contribution in [0.1, 0.15) is 12.5 Å². The number of hydrogen-bond donors (Lipinski definition) is 1. The lowest BCUT2D eigenvalue weighted by Gasteiger charge is -2.11. The zero-order chi connectivity index (χ0) is 18.5. The molecule has 0 bridgehead atoms. The van der Waals surface area contributed by atoms with Crippen LogP contribution in [0.5, 0.6) is 0 Å². The highest BCUT2D eigenvalue weighted by atomic mass is 35.5. The van der Waals surface area contributed by atoms with Crippen molar-refractivity contribution in [3.8, 4) is 11.3 Å². The first-order valence-electron chi connectivity index (χ1n) is 8.28. The molecule has 3 aromatic rings. The number of aromatic nitrogens is 2. The fourth-order valence-electron chi connectivity index (χ4n) is 2.61. The van der Waals surface area contributed by atoms with Crippen molar-refractivity contribution >= 4 is 23.2 Å². The van der Waals surface area contributed by atoms with Gasteiger partial charge in [0.05, 0.1) is 5.69 Å². The summed E-state index contributed by atoms with van der Waals surface area (Å²) in [6, 6.07) is 17.8. The average molecular weight is 368 g/mol. The lowest BCUT2D eigenvalue weighted by Crippen LogP contribution is -2.29. The maximum absolute atomic E-state index is 12.4.